The van der Waals surface area contributed by atoms with Gasteiger partial charge >= 0.3 is 12.3 Å². The first-order chi connectivity index (χ1) is 22.6. The minimum absolute atomic E-state index is 0.154. The van der Waals surface area contributed by atoms with Gasteiger partial charge in [0, 0.05) is 43.9 Å². The molecule has 2 N–H and O–H groups in total. The highest BCUT2D eigenvalue weighted by Gasteiger charge is 2.31. The van der Waals surface area contributed by atoms with Crippen LogP contribution < -0.4 is 20.1 Å². The Morgan fingerprint density at radius 3 is 2.47 bits per heavy atom. The Bertz CT molecular complexity index is 1700. The largest absolute Gasteiger partial charge is 0.573 e. The van der Waals surface area contributed by atoms with Crippen molar-refractivity contribution in [1.82, 2.24) is 14.9 Å². The molecule has 1 aliphatic heterocycles. The number of aryl methyl sites for hydroxylation is 1. The fourth-order valence-corrected chi connectivity index (χ4v) is 5.73. The van der Waals surface area contributed by atoms with E-state index in [0.29, 0.717) is 23.7 Å². The van der Waals surface area contributed by atoms with Gasteiger partial charge in [-0.1, -0.05) is 12.1 Å². The Morgan fingerprint density at radius 2 is 1.72 bits per heavy atom. The van der Waals surface area contributed by atoms with Gasteiger partial charge in [-0.05, 0) is 66.4 Å². The Hall–Kier alpha value is -4.82. The van der Waals surface area contributed by atoms with Gasteiger partial charge in [-0.3, -0.25) is 4.90 Å². The first-order valence-corrected chi connectivity index (χ1v) is 15.1. The van der Waals surface area contributed by atoms with Gasteiger partial charge in [0.05, 0.1) is 19.4 Å². The van der Waals surface area contributed by atoms with Crippen LogP contribution in [0.5, 0.6) is 11.5 Å². The molecule has 11 nitrogen and oxygen atoms in total. The third-order valence-electron chi connectivity index (χ3n) is 8.06. The minimum Gasteiger partial charge on any atom is -0.489 e. The van der Waals surface area contributed by atoms with Crippen LogP contribution in [0.25, 0.3) is 11.3 Å². The highest BCUT2D eigenvalue weighted by atomic mass is 19.4. The van der Waals surface area contributed by atoms with E-state index in [4.69, 9.17) is 19.6 Å². The second kappa shape index (κ2) is 13.9. The zero-order valence-electron chi connectivity index (χ0n) is 25.7. The minimum atomic E-state index is -4.73. The first-order valence-electron chi connectivity index (χ1n) is 15.1. The number of hydrogen-bond acceptors (Lipinski definition) is 11. The molecular formula is C33H34F3N5O6. The summed E-state index contributed by atoms with van der Waals surface area (Å²) in [5, 5.41) is 0. The molecule has 0 bridgehead atoms. The topological polar surface area (TPSA) is 125 Å². The summed E-state index contributed by atoms with van der Waals surface area (Å²) in [6.07, 6.45) is -3.21. The molecule has 1 aliphatic carbocycles. The third kappa shape index (κ3) is 7.95. The van der Waals surface area contributed by atoms with Crippen molar-refractivity contribution in [3.63, 3.8) is 0 Å². The highest BCUT2D eigenvalue weighted by Crippen LogP contribution is 2.38. The summed E-state index contributed by atoms with van der Waals surface area (Å²) in [6, 6.07) is 14.7. The molecule has 2 aromatic heterocycles. The molecule has 14 heteroatoms. The molecule has 0 amide bonds. The van der Waals surface area contributed by atoms with E-state index in [-0.39, 0.29) is 30.7 Å². The number of furan rings is 1. The van der Waals surface area contributed by atoms with E-state index in [1.165, 1.54) is 31.4 Å². The average Bonchev–Trinajstić information content (AvgIpc) is 3.54. The fraction of sp³-hybridized carbons (Fsp3) is 0.364. The number of alkyl halides is 3. The summed E-state index contributed by atoms with van der Waals surface area (Å²) in [4.78, 5) is 25.4. The summed E-state index contributed by atoms with van der Waals surface area (Å²) < 4.78 is 63.0. The normalized spacial score (nSPS) is 14.8. The van der Waals surface area contributed by atoms with Gasteiger partial charge in [0.1, 0.15) is 36.3 Å². The van der Waals surface area contributed by atoms with E-state index in [9.17, 15) is 18.0 Å². The number of halogens is 3. The fourth-order valence-electron chi connectivity index (χ4n) is 5.73. The molecule has 1 saturated heterocycles. The second-order valence-corrected chi connectivity index (χ2v) is 11.2. The van der Waals surface area contributed by atoms with Crippen molar-refractivity contribution in [2.75, 3.05) is 57.1 Å². The number of fused-ring (bicyclic) bond motifs is 3. The Labute approximate surface area is 269 Å². The molecule has 0 unspecified atom stereocenters. The van der Waals surface area contributed by atoms with Crippen molar-refractivity contribution >= 4 is 17.7 Å². The molecule has 248 valence electrons. The van der Waals surface area contributed by atoms with Crippen LogP contribution in [0, 0.1) is 0 Å². The predicted octanol–water partition coefficient (Wildman–Crippen LogP) is 5.02. The SMILES string of the molecule is COC(=O)c1ccc(COCCN2CCN(c3nc(N)nc4c3CCc3cc(OCc5ccc(OC(F)(F)F)cc5)ccc3-4)CC2)o1. The molecule has 2 aliphatic rings. The third-order valence-corrected chi connectivity index (χ3v) is 8.06. The standard InChI is InChI=1S/C33H34F3N5O6/c1-43-31(42)28-11-8-25(46-28)20-44-17-16-40-12-14-41(15-13-40)30-27-9-4-22-18-24(7-10-26(22)29(27)38-32(37)39-30)45-19-21-2-5-23(6-3-21)47-33(34,35)36/h2-3,5-8,10-11,18H,4,9,12-17,19-20H2,1H3,(H2,37,38,39). The smallest absolute Gasteiger partial charge is 0.489 e. The van der Waals surface area contributed by atoms with Crippen molar-refractivity contribution in [3.8, 4) is 22.8 Å². The number of carbonyl (C=O) groups excluding carboxylic acids is 1. The van der Waals surface area contributed by atoms with E-state index >= 15 is 0 Å². The number of nitrogens with zero attached hydrogens (tertiary/aromatic N) is 4. The van der Waals surface area contributed by atoms with Crippen LogP contribution in [0.4, 0.5) is 24.9 Å². The van der Waals surface area contributed by atoms with Crippen LogP contribution in [0.15, 0.2) is 59.0 Å². The average molecular weight is 654 g/mol. The lowest BCUT2D eigenvalue weighted by Gasteiger charge is -2.37. The maximum atomic E-state index is 12.4. The van der Waals surface area contributed by atoms with Gasteiger partial charge < -0.3 is 34.0 Å². The maximum absolute atomic E-state index is 12.4. The van der Waals surface area contributed by atoms with Crippen molar-refractivity contribution in [3.05, 3.63) is 82.8 Å². The Balaban J connectivity index is 1.03. The summed E-state index contributed by atoms with van der Waals surface area (Å²) >= 11 is 0. The number of benzene rings is 2. The number of methoxy groups -OCH3 is 1. The van der Waals surface area contributed by atoms with Crippen LogP contribution in [-0.2, 0) is 35.5 Å². The monoisotopic (exact) mass is 653 g/mol. The van der Waals surface area contributed by atoms with E-state index in [0.717, 1.165) is 73.8 Å². The lowest BCUT2D eigenvalue weighted by Crippen LogP contribution is -2.48. The number of aromatic nitrogens is 2. The molecular weight excluding hydrogens is 619 g/mol. The number of rotatable bonds is 11. The van der Waals surface area contributed by atoms with Crippen LogP contribution >= 0.6 is 0 Å². The summed E-state index contributed by atoms with van der Waals surface area (Å²) in [5.74, 6) is 1.66. The lowest BCUT2D eigenvalue weighted by molar-refractivity contribution is -0.274. The van der Waals surface area contributed by atoms with Gasteiger partial charge in [0.25, 0.3) is 0 Å². The first kappa shape index (κ1) is 32.1. The zero-order valence-corrected chi connectivity index (χ0v) is 25.7. The number of ether oxygens (including phenoxy) is 4. The van der Waals surface area contributed by atoms with Gasteiger partial charge in [0.2, 0.25) is 11.7 Å². The summed E-state index contributed by atoms with van der Waals surface area (Å²) in [5.41, 5.74) is 10.9. The predicted molar refractivity (Wildman–Crippen MR) is 165 cm³/mol. The number of hydrogen-bond donors (Lipinski definition) is 1. The Morgan fingerprint density at radius 1 is 0.957 bits per heavy atom. The quantitative estimate of drug-likeness (QED) is 0.173. The number of piperazine rings is 1. The van der Waals surface area contributed by atoms with Crippen molar-refractivity contribution in [1.29, 1.82) is 0 Å². The Kier molecular flexibility index (Phi) is 9.50. The van der Waals surface area contributed by atoms with Gasteiger partial charge in [-0.25, -0.2) is 9.78 Å². The number of anilines is 2. The molecule has 0 radical (unpaired) electrons. The molecule has 1 fully saturated rings. The summed E-state index contributed by atoms with van der Waals surface area (Å²) in [6.45, 7) is 5.00. The molecule has 0 spiro atoms. The van der Waals surface area contributed by atoms with Crippen molar-refractivity contribution in [2.24, 2.45) is 0 Å². The molecule has 4 aromatic rings. The molecule has 2 aromatic carbocycles. The van der Waals surface area contributed by atoms with Crippen molar-refractivity contribution in [2.45, 2.75) is 32.4 Å². The summed E-state index contributed by atoms with van der Waals surface area (Å²) in [7, 11) is 1.31. The molecule has 47 heavy (non-hydrogen) atoms. The second-order valence-electron chi connectivity index (χ2n) is 11.2. The van der Waals surface area contributed by atoms with Crippen molar-refractivity contribution < 1.29 is 41.3 Å². The maximum Gasteiger partial charge on any atom is 0.573 e. The lowest BCUT2D eigenvalue weighted by atomic mass is 9.88. The highest BCUT2D eigenvalue weighted by molar-refractivity contribution is 5.86. The molecule has 3 heterocycles. The number of carbonyl (C=O) groups is 1. The van der Waals surface area contributed by atoms with Gasteiger partial charge in [-0.15, -0.1) is 13.2 Å². The van der Waals surface area contributed by atoms with Gasteiger partial charge in [-0.2, -0.15) is 4.98 Å². The molecule has 0 atom stereocenters. The van der Waals surface area contributed by atoms with Crippen LogP contribution in [0.3, 0.4) is 0 Å². The number of nitrogens with two attached hydrogens (primary N) is 1. The molecule has 6 rings (SSSR count). The van der Waals surface area contributed by atoms with E-state index in [1.807, 2.05) is 18.2 Å². The number of esters is 1. The zero-order chi connectivity index (χ0) is 33.0. The van der Waals surface area contributed by atoms with E-state index in [1.54, 1.807) is 12.1 Å². The van der Waals surface area contributed by atoms with Gasteiger partial charge in [0.15, 0.2) is 0 Å². The number of nitrogen functional groups attached to an aromatic ring is 1. The molecule has 0 saturated carbocycles. The van der Waals surface area contributed by atoms with Crippen LogP contribution in [0.1, 0.15) is 33.0 Å². The van der Waals surface area contributed by atoms with Crippen LogP contribution in [-0.4, -0.2) is 73.6 Å². The van der Waals surface area contributed by atoms with E-state index in [2.05, 4.69) is 29.2 Å². The van der Waals surface area contributed by atoms with Crippen LogP contribution in [0.2, 0.25) is 0 Å². The van der Waals surface area contributed by atoms with E-state index < -0.39 is 12.3 Å².